The second-order valence-electron chi connectivity index (χ2n) is 9.75. The summed E-state index contributed by atoms with van der Waals surface area (Å²) in [6.45, 7) is 7.93. The number of aliphatic hydroxyl groups excluding tert-OH is 1. The maximum absolute atomic E-state index is 13.3. The lowest BCUT2D eigenvalue weighted by atomic mass is 10.0. The predicted molar refractivity (Wildman–Crippen MR) is 135 cm³/mol. The molecule has 1 aromatic carbocycles. The minimum Gasteiger partial charge on any atom is -0.488 e. The lowest BCUT2D eigenvalue weighted by molar-refractivity contribution is -0.134. The Balaban J connectivity index is 1.87. The van der Waals surface area contributed by atoms with Crippen LogP contribution in [-0.2, 0) is 22.6 Å². The highest BCUT2D eigenvalue weighted by Crippen LogP contribution is 2.29. The first kappa shape index (κ1) is 27.8. The standard InChI is InChI=1S/C24H36N8O5/c1-15(2)26-24(36)30(5)11-21-16(3)10-32(17(4)13-33)23(35)9-18-8-19(6-7-20(18)37-21)27-22(34)12-31-14-25-28-29-31/h6-8,14-17,21,33H,9-13H2,1-5H3,(H,26,36)(H,27,34)/t16-,17-,21+/m0/s1. The van der Waals surface area contributed by atoms with Crippen LogP contribution in [0.3, 0.4) is 0 Å². The van der Waals surface area contributed by atoms with Crippen molar-refractivity contribution in [3.63, 3.8) is 0 Å². The Labute approximate surface area is 216 Å². The third-order valence-electron chi connectivity index (χ3n) is 6.11. The molecule has 1 aromatic heterocycles. The average Bonchev–Trinajstić information content (AvgIpc) is 3.35. The molecule has 1 aliphatic heterocycles. The van der Waals surface area contributed by atoms with E-state index in [1.54, 1.807) is 42.0 Å². The molecule has 0 spiro atoms. The topological polar surface area (TPSA) is 155 Å². The molecule has 1 aliphatic rings. The molecule has 3 rings (SSSR count). The van der Waals surface area contributed by atoms with Crippen LogP contribution < -0.4 is 15.4 Å². The van der Waals surface area contributed by atoms with E-state index in [9.17, 15) is 19.5 Å². The number of likely N-dealkylation sites (N-methyl/N-ethyl adjacent to an activating group) is 1. The Hall–Kier alpha value is -3.74. The van der Waals surface area contributed by atoms with Gasteiger partial charge < -0.3 is 30.3 Å². The Morgan fingerprint density at radius 2 is 2.05 bits per heavy atom. The Bertz CT molecular complexity index is 1080. The van der Waals surface area contributed by atoms with Crippen LogP contribution in [0.5, 0.6) is 5.75 Å². The van der Waals surface area contributed by atoms with Crippen LogP contribution in [-0.4, -0.2) is 97.9 Å². The molecule has 2 heterocycles. The number of amides is 4. The van der Waals surface area contributed by atoms with Crippen molar-refractivity contribution in [3.05, 3.63) is 30.1 Å². The Morgan fingerprint density at radius 1 is 1.30 bits per heavy atom. The largest absolute Gasteiger partial charge is 0.488 e. The lowest BCUT2D eigenvalue weighted by Crippen LogP contribution is -2.49. The predicted octanol–water partition coefficient (Wildman–Crippen LogP) is 0.511. The van der Waals surface area contributed by atoms with Gasteiger partial charge in [0.15, 0.2) is 0 Å². The van der Waals surface area contributed by atoms with Gasteiger partial charge in [0.25, 0.3) is 0 Å². The molecule has 3 N–H and O–H groups in total. The fourth-order valence-electron chi connectivity index (χ4n) is 4.04. The number of fused-ring (bicyclic) bond motifs is 1. The molecule has 0 bridgehead atoms. The maximum Gasteiger partial charge on any atom is 0.317 e. The zero-order valence-corrected chi connectivity index (χ0v) is 21.9. The third kappa shape index (κ3) is 7.62. The zero-order valence-electron chi connectivity index (χ0n) is 21.9. The molecular formula is C24H36N8O5. The number of hydrogen-bond acceptors (Lipinski definition) is 8. The van der Waals surface area contributed by atoms with Gasteiger partial charge in [-0.25, -0.2) is 9.48 Å². The van der Waals surface area contributed by atoms with Crippen molar-refractivity contribution in [1.29, 1.82) is 0 Å². The number of tetrazole rings is 1. The quantitative estimate of drug-likeness (QED) is 0.458. The van der Waals surface area contributed by atoms with Crippen molar-refractivity contribution in [2.75, 3.05) is 32.1 Å². The van der Waals surface area contributed by atoms with E-state index in [2.05, 4.69) is 26.2 Å². The molecule has 13 nitrogen and oxygen atoms in total. The van der Waals surface area contributed by atoms with E-state index in [0.29, 0.717) is 30.1 Å². The summed E-state index contributed by atoms with van der Waals surface area (Å²) in [5, 5.41) is 26.2. The van der Waals surface area contributed by atoms with Crippen LogP contribution >= 0.6 is 0 Å². The molecule has 0 radical (unpaired) electrons. The van der Waals surface area contributed by atoms with Gasteiger partial charge in [0.05, 0.1) is 25.6 Å². The summed E-state index contributed by atoms with van der Waals surface area (Å²) >= 11 is 0. The van der Waals surface area contributed by atoms with E-state index in [-0.39, 0.29) is 49.4 Å². The molecule has 0 aliphatic carbocycles. The van der Waals surface area contributed by atoms with Crippen LogP contribution in [0.15, 0.2) is 24.5 Å². The number of anilines is 1. The van der Waals surface area contributed by atoms with E-state index in [1.165, 1.54) is 11.0 Å². The van der Waals surface area contributed by atoms with Gasteiger partial charge in [-0.1, -0.05) is 6.92 Å². The summed E-state index contributed by atoms with van der Waals surface area (Å²) in [5.74, 6) is -0.141. The lowest BCUT2D eigenvalue weighted by Gasteiger charge is -2.34. The Morgan fingerprint density at radius 3 is 2.70 bits per heavy atom. The van der Waals surface area contributed by atoms with E-state index in [4.69, 9.17) is 4.74 Å². The van der Waals surface area contributed by atoms with E-state index in [1.807, 2.05) is 20.8 Å². The first-order chi connectivity index (χ1) is 17.6. The van der Waals surface area contributed by atoms with Crippen molar-refractivity contribution in [2.24, 2.45) is 5.92 Å². The highest BCUT2D eigenvalue weighted by molar-refractivity contribution is 5.91. The maximum atomic E-state index is 13.3. The van der Waals surface area contributed by atoms with Gasteiger partial charge >= 0.3 is 6.03 Å². The number of urea groups is 1. The molecule has 3 atom stereocenters. The first-order valence-corrected chi connectivity index (χ1v) is 12.3. The zero-order chi connectivity index (χ0) is 27.1. The summed E-state index contributed by atoms with van der Waals surface area (Å²) in [6.07, 6.45) is 0.938. The van der Waals surface area contributed by atoms with Gasteiger partial charge in [0.1, 0.15) is 24.7 Å². The smallest absolute Gasteiger partial charge is 0.317 e. The summed E-state index contributed by atoms with van der Waals surface area (Å²) < 4.78 is 7.70. The van der Waals surface area contributed by atoms with Gasteiger partial charge in [-0.2, -0.15) is 0 Å². The summed E-state index contributed by atoms with van der Waals surface area (Å²) in [4.78, 5) is 41.5. The van der Waals surface area contributed by atoms with Crippen LogP contribution in [0, 0.1) is 5.92 Å². The molecule has 2 aromatic rings. The molecule has 0 saturated carbocycles. The van der Waals surface area contributed by atoms with Gasteiger partial charge in [0, 0.05) is 36.8 Å². The molecule has 0 unspecified atom stereocenters. The number of aromatic nitrogens is 4. The molecule has 4 amide bonds. The Kier molecular flexibility index (Phi) is 9.39. The number of ether oxygens (including phenoxy) is 1. The summed E-state index contributed by atoms with van der Waals surface area (Å²) in [6, 6.07) is 4.50. The number of rotatable bonds is 8. The fourth-order valence-corrected chi connectivity index (χ4v) is 4.04. The summed E-state index contributed by atoms with van der Waals surface area (Å²) in [7, 11) is 1.70. The fraction of sp³-hybridized carbons (Fsp3) is 0.583. The van der Waals surface area contributed by atoms with Gasteiger partial charge in [-0.3, -0.25) is 9.59 Å². The first-order valence-electron chi connectivity index (χ1n) is 12.3. The van der Waals surface area contributed by atoms with Crippen molar-refractivity contribution in [3.8, 4) is 5.75 Å². The molecule has 37 heavy (non-hydrogen) atoms. The molecule has 13 heteroatoms. The minimum atomic E-state index is -0.429. The highest BCUT2D eigenvalue weighted by atomic mass is 16.5. The number of nitrogens with one attached hydrogen (secondary N) is 2. The van der Waals surface area contributed by atoms with Crippen LogP contribution in [0.1, 0.15) is 33.3 Å². The third-order valence-corrected chi connectivity index (χ3v) is 6.11. The molecular weight excluding hydrogens is 480 g/mol. The number of carbonyl (C=O) groups is 3. The number of nitrogens with zero attached hydrogens (tertiary/aromatic N) is 6. The van der Waals surface area contributed by atoms with Crippen molar-refractivity contribution < 1.29 is 24.2 Å². The van der Waals surface area contributed by atoms with Crippen LogP contribution in [0.2, 0.25) is 0 Å². The SMILES string of the molecule is CC(C)NC(=O)N(C)C[C@H]1Oc2ccc(NC(=O)Cn3cnnn3)cc2CC(=O)N([C@@H](C)CO)C[C@@H]1C. The van der Waals surface area contributed by atoms with Gasteiger partial charge in [-0.05, 0) is 49.4 Å². The van der Waals surface area contributed by atoms with Gasteiger partial charge in [-0.15, -0.1) is 5.10 Å². The van der Waals surface area contributed by atoms with Crippen molar-refractivity contribution in [1.82, 2.24) is 35.3 Å². The minimum absolute atomic E-state index is 0.0116. The molecule has 0 fully saturated rings. The van der Waals surface area contributed by atoms with E-state index in [0.717, 1.165) is 0 Å². The van der Waals surface area contributed by atoms with Crippen molar-refractivity contribution in [2.45, 2.75) is 58.8 Å². The van der Waals surface area contributed by atoms with Crippen LogP contribution in [0.4, 0.5) is 10.5 Å². The molecule has 0 saturated heterocycles. The number of benzene rings is 1. The van der Waals surface area contributed by atoms with E-state index < -0.39 is 12.1 Å². The highest BCUT2D eigenvalue weighted by Gasteiger charge is 2.32. The average molecular weight is 517 g/mol. The summed E-state index contributed by atoms with van der Waals surface area (Å²) in [5.41, 5.74) is 1.08. The number of aliphatic hydroxyl groups is 1. The normalized spacial score (nSPS) is 18.7. The van der Waals surface area contributed by atoms with Crippen molar-refractivity contribution >= 4 is 23.5 Å². The molecule has 202 valence electrons. The number of hydrogen-bond donors (Lipinski definition) is 3. The van der Waals surface area contributed by atoms with E-state index >= 15 is 0 Å². The van der Waals surface area contributed by atoms with Gasteiger partial charge in [0.2, 0.25) is 11.8 Å². The number of carbonyl (C=O) groups excluding carboxylic acids is 3. The second kappa shape index (κ2) is 12.5. The monoisotopic (exact) mass is 516 g/mol. The second-order valence-corrected chi connectivity index (χ2v) is 9.75. The van der Waals surface area contributed by atoms with Crippen LogP contribution in [0.25, 0.3) is 0 Å².